The van der Waals surface area contributed by atoms with Crippen molar-refractivity contribution < 1.29 is 55.1 Å². The van der Waals surface area contributed by atoms with Crippen molar-refractivity contribution in [1.82, 2.24) is 0 Å². The van der Waals surface area contributed by atoms with E-state index in [1.807, 2.05) is 0 Å². The molecule has 10 atom stereocenters. The van der Waals surface area contributed by atoms with E-state index in [-0.39, 0.29) is 0 Å². The molecule has 11 heteroatoms. The van der Waals surface area contributed by atoms with Gasteiger partial charge in [0.15, 0.2) is 12.6 Å². The molecule has 2 aliphatic rings. The van der Waals surface area contributed by atoms with E-state index < -0.39 is 74.6 Å². The topological polar surface area (TPSA) is 190 Å². The Morgan fingerprint density at radius 3 is 1.83 bits per heavy atom. The molecule has 0 aromatic rings. The van der Waals surface area contributed by atoms with Crippen LogP contribution in [0.4, 0.5) is 0 Å². The summed E-state index contributed by atoms with van der Waals surface area (Å²) in [6, 6.07) is 0. The lowest BCUT2D eigenvalue weighted by Crippen LogP contribution is -2.64. The molecule has 2 rings (SSSR count). The Kier molecular flexibility index (Phi) is 6.27. The Hall–Kier alpha value is -0.440. The molecule has 0 spiro atoms. The van der Waals surface area contributed by atoms with Crippen LogP contribution in [0.3, 0.4) is 0 Å². The fourth-order valence-corrected chi connectivity index (χ4v) is 2.57. The third kappa shape index (κ3) is 3.65. The van der Waals surface area contributed by atoms with E-state index in [1.165, 1.54) is 0 Å². The van der Waals surface area contributed by atoms with Crippen molar-refractivity contribution >= 4 is 0 Å². The molecule has 8 N–H and O–H groups in total. The van der Waals surface area contributed by atoms with Gasteiger partial charge in [-0.25, -0.2) is 0 Å². The van der Waals surface area contributed by atoms with Gasteiger partial charge >= 0.3 is 0 Å². The average molecular weight is 342 g/mol. The zero-order chi connectivity index (χ0) is 17.3. The largest absolute Gasteiger partial charge is 0.394 e. The molecule has 0 bridgehead atoms. The molecular formula is C12H22O11. The molecular weight excluding hydrogens is 320 g/mol. The maximum absolute atomic E-state index is 9.94. The molecule has 0 aromatic carbocycles. The van der Waals surface area contributed by atoms with Gasteiger partial charge in [0.2, 0.25) is 0 Å². The van der Waals surface area contributed by atoms with E-state index in [0.717, 1.165) is 0 Å². The maximum Gasteiger partial charge on any atom is 0.187 e. The minimum atomic E-state index is -1.74. The van der Waals surface area contributed by atoms with Gasteiger partial charge in [0.05, 0.1) is 13.2 Å². The van der Waals surface area contributed by atoms with Gasteiger partial charge in [0.1, 0.15) is 48.8 Å². The minimum Gasteiger partial charge on any atom is -0.394 e. The van der Waals surface area contributed by atoms with Crippen LogP contribution in [-0.2, 0) is 14.2 Å². The van der Waals surface area contributed by atoms with Gasteiger partial charge < -0.3 is 55.1 Å². The highest BCUT2D eigenvalue weighted by atomic mass is 16.7. The van der Waals surface area contributed by atoms with E-state index in [1.54, 1.807) is 0 Å². The first kappa shape index (κ1) is 18.9. The summed E-state index contributed by atoms with van der Waals surface area (Å²) in [5, 5.41) is 76.5. The van der Waals surface area contributed by atoms with Crippen LogP contribution in [-0.4, -0.2) is 115 Å². The van der Waals surface area contributed by atoms with Crippen molar-refractivity contribution in [1.29, 1.82) is 0 Å². The second kappa shape index (κ2) is 7.63. The summed E-state index contributed by atoms with van der Waals surface area (Å²) >= 11 is 0. The smallest absolute Gasteiger partial charge is 0.187 e. The molecule has 2 aliphatic heterocycles. The quantitative estimate of drug-likeness (QED) is 0.243. The fourth-order valence-electron chi connectivity index (χ4n) is 2.57. The van der Waals surface area contributed by atoms with Crippen LogP contribution in [0.15, 0.2) is 0 Å². The Balaban J connectivity index is 2.11. The Labute approximate surface area is 130 Å². The SMILES string of the molecule is OCC1O[C@H](O[C@H]2C(CO)OC(O)C(O)[C@H]2O)C(O)[C@@H](O)[C@H]1O. The van der Waals surface area contributed by atoms with Gasteiger partial charge in [-0.05, 0) is 0 Å². The van der Waals surface area contributed by atoms with Crippen LogP contribution < -0.4 is 0 Å². The first-order valence-electron chi connectivity index (χ1n) is 7.08. The van der Waals surface area contributed by atoms with E-state index >= 15 is 0 Å². The van der Waals surface area contributed by atoms with E-state index in [9.17, 15) is 35.7 Å². The second-order valence-corrected chi connectivity index (χ2v) is 5.53. The number of ether oxygens (including phenoxy) is 3. The number of rotatable bonds is 4. The molecule has 136 valence electrons. The lowest BCUT2D eigenvalue weighted by Gasteiger charge is -2.45. The molecule has 5 unspecified atom stereocenters. The maximum atomic E-state index is 9.94. The van der Waals surface area contributed by atoms with E-state index in [4.69, 9.17) is 19.3 Å². The zero-order valence-corrected chi connectivity index (χ0v) is 12.0. The van der Waals surface area contributed by atoms with E-state index in [0.29, 0.717) is 0 Å². The van der Waals surface area contributed by atoms with Gasteiger partial charge in [0, 0.05) is 0 Å². The highest BCUT2D eigenvalue weighted by Crippen LogP contribution is 2.28. The average Bonchev–Trinajstić information content (AvgIpc) is 2.55. The summed E-state index contributed by atoms with van der Waals surface area (Å²) in [5.74, 6) is 0. The summed E-state index contributed by atoms with van der Waals surface area (Å²) in [4.78, 5) is 0. The summed E-state index contributed by atoms with van der Waals surface area (Å²) in [5.41, 5.74) is 0. The molecule has 2 fully saturated rings. The normalized spacial score (nSPS) is 51.7. The third-order valence-electron chi connectivity index (χ3n) is 3.98. The van der Waals surface area contributed by atoms with Crippen LogP contribution >= 0.6 is 0 Å². The molecule has 2 saturated heterocycles. The van der Waals surface area contributed by atoms with Crippen LogP contribution in [0.2, 0.25) is 0 Å². The summed E-state index contributed by atoms with van der Waals surface area (Å²) in [6.45, 7) is -1.35. The van der Waals surface area contributed by atoms with Crippen LogP contribution in [0.5, 0.6) is 0 Å². The first-order chi connectivity index (χ1) is 10.8. The number of aliphatic hydroxyl groups excluding tert-OH is 8. The van der Waals surface area contributed by atoms with Crippen molar-refractivity contribution in [2.45, 2.75) is 61.4 Å². The predicted molar refractivity (Wildman–Crippen MR) is 68.6 cm³/mol. The second-order valence-electron chi connectivity index (χ2n) is 5.53. The highest BCUT2D eigenvalue weighted by Gasteiger charge is 2.50. The summed E-state index contributed by atoms with van der Waals surface area (Å²) < 4.78 is 15.3. The minimum absolute atomic E-state index is 0.667. The molecule has 0 aromatic heterocycles. The van der Waals surface area contributed by atoms with Crippen molar-refractivity contribution in [3.63, 3.8) is 0 Å². The first-order valence-corrected chi connectivity index (χ1v) is 7.08. The molecule has 0 radical (unpaired) electrons. The van der Waals surface area contributed by atoms with Crippen molar-refractivity contribution in [3.8, 4) is 0 Å². The van der Waals surface area contributed by atoms with Gasteiger partial charge in [-0.15, -0.1) is 0 Å². The van der Waals surface area contributed by atoms with Gasteiger partial charge in [-0.3, -0.25) is 0 Å². The van der Waals surface area contributed by atoms with Crippen molar-refractivity contribution in [2.75, 3.05) is 13.2 Å². The van der Waals surface area contributed by atoms with E-state index in [2.05, 4.69) is 0 Å². The highest BCUT2D eigenvalue weighted by molar-refractivity contribution is 4.93. The summed E-state index contributed by atoms with van der Waals surface area (Å²) in [6.07, 6.45) is -15.6. The Bertz CT molecular complexity index is 378. The standard InChI is InChI=1S/C12H22O11/c13-1-3-5(15)6(16)9(19)12(22-3)23-10-4(2-14)21-11(20)8(18)7(10)17/h3-20H,1-2H2/t3?,4?,5-,6-,7+,8?,9?,10-,11?,12+/m0/s1. The zero-order valence-electron chi connectivity index (χ0n) is 12.0. The molecule has 2 heterocycles. The van der Waals surface area contributed by atoms with Crippen LogP contribution in [0.25, 0.3) is 0 Å². The number of hydrogen-bond acceptors (Lipinski definition) is 11. The fraction of sp³-hybridized carbons (Fsp3) is 1.00. The molecule has 0 aliphatic carbocycles. The Morgan fingerprint density at radius 1 is 0.652 bits per heavy atom. The lowest BCUT2D eigenvalue weighted by molar-refractivity contribution is -0.355. The van der Waals surface area contributed by atoms with Crippen LogP contribution in [0, 0.1) is 0 Å². The summed E-state index contributed by atoms with van der Waals surface area (Å²) in [7, 11) is 0. The molecule has 11 nitrogen and oxygen atoms in total. The van der Waals surface area contributed by atoms with Crippen molar-refractivity contribution in [2.24, 2.45) is 0 Å². The predicted octanol–water partition coefficient (Wildman–Crippen LogP) is -5.40. The lowest BCUT2D eigenvalue weighted by atomic mass is 9.97. The van der Waals surface area contributed by atoms with Gasteiger partial charge in [-0.1, -0.05) is 0 Å². The number of hydrogen-bond donors (Lipinski definition) is 8. The van der Waals surface area contributed by atoms with Gasteiger partial charge in [0.25, 0.3) is 0 Å². The van der Waals surface area contributed by atoms with Crippen molar-refractivity contribution in [3.05, 3.63) is 0 Å². The molecule has 23 heavy (non-hydrogen) atoms. The molecule has 0 saturated carbocycles. The van der Waals surface area contributed by atoms with Gasteiger partial charge in [-0.2, -0.15) is 0 Å². The van der Waals surface area contributed by atoms with Crippen LogP contribution in [0.1, 0.15) is 0 Å². The monoisotopic (exact) mass is 342 g/mol. The third-order valence-corrected chi connectivity index (χ3v) is 3.98. The number of aliphatic hydroxyl groups is 8. The molecule has 0 amide bonds. The Morgan fingerprint density at radius 2 is 1.26 bits per heavy atom.